The van der Waals surface area contributed by atoms with Gasteiger partial charge in [-0.3, -0.25) is 0 Å². The fourth-order valence-electron chi connectivity index (χ4n) is 2.86. The molecule has 1 unspecified atom stereocenters. The van der Waals surface area contributed by atoms with Crippen molar-refractivity contribution < 1.29 is 13.2 Å². The minimum Gasteiger partial charge on any atom is -0.341 e. The molecule has 2 aromatic rings. The summed E-state index contributed by atoms with van der Waals surface area (Å²) in [5, 5.41) is 0. The maximum atomic E-state index is 12.7. The van der Waals surface area contributed by atoms with Crippen LogP contribution in [0.15, 0.2) is 61.2 Å². The van der Waals surface area contributed by atoms with E-state index in [1.165, 1.54) is 17.7 Å². The third-order valence-electron chi connectivity index (χ3n) is 4.02. The van der Waals surface area contributed by atoms with Gasteiger partial charge in [-0.2, -0.15) is 13.2 Å². The van der Waals surface area contributed by atoms with Crippen LogP contribution in [0.1, 0.15) is 11.1 Å². The van der Waals surface area contributed by atoms with Gasteiger partial charge in [-0.05, 0) is 48.2 Å². The van der Waals surface area contributed by atoms with Gasteiger partial charge in [-0.25, -0.2) is 0 Å². The molecular formula is C18H16F3N. The Morgan fingerprint density at radius 3 is 2.36 bits per heavy atom. The molecule has 1 aliphatic heterocycles. The van der Waals surface area contributed by atoms with Crippen molar-refractivity contribution in [3.63, 3.8) is 0 Å². The van der Waals surface area contributed by atoms with Gasteiger partial charge in [0.1, 0.15) is 0 Å². The first-order valence-electron chi connectivity index (χ1n) is 7.14. The zero-order valence-electron chi connectivity index (χ0n) is 12.0. The zero-order valence-corrected chi connectivity index (χ0v) is 12.0. The predicted octanol–water partition coefficient (Wildman–Crippen LogP) is 5.20. The smallest absolute Gasteiger partial charge is 0.341 e. The lowest BCUT2D eigenvalue weighted by Crippen LogP contribution is -2.30. The lowest BCUT2D eigenvalue weighted by atomic mass is 9.92. The topological polar surface area (TPSA) is 3.24 Å². The maximum Gasteiger partial charge on any atom is 0.416 e. The fraction of sp³-hybridized carbons (Fsp3) is 0.222. The highest BCUT2D eigenvalue weighted by molar-refractivity contribution is 5.68. The van der Waals surface area contributed by atoms with Gasteiger partial charge in [0, 0.05) is 17.9 Å². The van der Waals surface area contributed by atoms with Crippen molar-refractivity contribution in [1.29, 1.82) is 0 Å². The van der Waals surface area contributed by atoms with Gasteiger partial charge in [0.25, 0.3) is 0 Å². The molecule has 0 bridgehead atoms. The molecule has 0 amide bonds. The Kier molecular flexibility index (Phi) is 3.69. The molecule has 0 saturated heterocycles. The van der Waals surface area contributed by atoms with Crippen molar-refractivity contribution in [1.82, 2.24) is 0 Å². The number of rotatable bonds is 2. The van der Waals surface area contributed by atoms with E-state index in [2.05, 4.69) is 17.5 Å². The molecule has 0 aromatic heterocycles. The summed E-state index contributed by atoms with van der Waals surface area (Å²) in [5.41, 5.74) is 2.40. The summed E-state index contributed by atoms with van der Waals surface area (Å²) in [5.74, 6) is 0.289. The lowest BCUT2D eigenvalue weighted by molar-refractivity contribution is -0.137. The van der Waals surface area contributed by atoms with E-state index in [0.29, 0.717) is 0 Å². The highest BCUT2D eigenvalue weighted by Crippen LogP contribution is 2.37. The number of hydrogen-bond donors (Lipinski definition) is 0. The van der Waals surface area contributed by atoms with Crippen molar-refractivity contribution in [3.05, 3.63) is 72.3 Å². The molecule has 0 fully saturated rings. The van der Waals surface area contributed by atoms with Crippen LogP contribution < -0.4 is 4.90 Å². The molecule has 0 aliphatic carbocycles. The van der Waals surface area contributed by atoms with Crippen molar-refractivity contribution in [3.8, 4) is 0 Å². The van der Waals surface area contributed by atoms with Crippen LogP contribution in [0.5, 0.6) is 0 Å². The highest BCUT2D eigenvalue weighted by Gasteiger charge is 2.30. The number of fused-ring (bicyclic) bond motifs is 1. The quantitative estimate of drug-likeness (QED) is 0.689. The van der Waals surface area contributed by atoms with Crippen molar-refractivity contribution in [2.45, 2.75) is 12.6 Å². The Hall–Kier alpha value is -2.23. The Labute approximate surface area is 127 Å². The SMILES string of the molecule is C=CC1Cc2ccccc2N(c2ccc(C(F)(F)F)cc2)C1. The van der Waals surface area contributed by atoms with Crippen molar-refractivity contribution in [2.75, 3.05) is 11.4 Å². The molecule has 0 N–H and O–H groups in total. The summed E-state index contributed by atoms with van der Waals surface area (Å²) in [6, 6.07) is 13.3. The van der Waals surface area contributed by atoms with E-state index in [1.807, 2.05) is 24.3 Å². The normalized spacial score (nSPS) is 18.0. The molecule has 4 heteroatoms. The second-order valence-electron chi connectivity index (χ2n) is 5.48. The van der Waals surface area contributed by atoms with E-state index in [-0.39, 0.29) is 5.92 Å². The van der Waals surface area contributed by atoms with Crippen LogP contribution in [0.25, 0.3) is 0 Å². The first-order chi connectivity index (χ1) is 10.5. The maximum absolute atomic E-state index is 12.7. The molecule has 2 aromatic carbocycles. The molecular weight excluding hydrogens is 287 g/mol. The Balaban J connectivity index is 1.98. The molecule has 22 heavy (non-hydrogen) atoms. The van der Waals surface area contributed by atoms with Crippen LogP contribution in [0.2, 0.25) is 0 Å². The summed E-state index contributed by atoms with van der Waals surface area (Å²) in [4.78, 5) is 2.06. The second kappa shape index (κ2) is 5.52. The zero-order chi connectivity index (χ0) is 15.7. The van der Waals surface area contributed by atoms with Crippen LogP contribution in [0.4, 0.5) is 24.5 Å². The fourth-order valence-corrected chi connectivity index (χ4v) is 2.86. The van der Waals surface area contributed by atoms with E-state index < -0.39 is 11.7 Å². The van der Waals surface area contributed by atoms with Crippen LogP contribution in [0, 0.1) is 5.92 Å². The van der Waals surface area contributed by atoms with Gasteiger partial charge >= 0.3 is 6.18 Å². The van der Waals surface area contributed by atoms with Gasteiger partial charge in [0.2, 0.25) is 0 Å². The first-order valence-corrected chi connectivity index (χ1v) is 7.14. The third kappa shape index (κ3) is 2.73. The minimum absolute atomic E-state index is 0.289. The first kappa shape index (κ1) is 14.7. The van der Waals surface area contributed by atoms with Gasteiger partial charge in [-0.15, -0.1) is 6.58 Å². The Bertz CT molecular complexity index is 673. The Morgan fingerprint density at radius 2 is 1.73 bits per heavy atom. The van der Waals surface area contributed by atoms with Gasteiger partial charge in [0.15, 0.2) is 0 Å². The average molecular weight is 303 g/mol. The highest BCUT2D eigenvalue weighted by atomic mass is 19.4. The number of alkyl halides is 3. The van der Waals surface area contributed by atoms with E-state index in [0.717, 1.165) is 36.5 Å². The van der Waals surface area contributed by atoms with Crippen LogP contribution in [0.3, 0.4) is 0 Å². The van der Waals surface area contributed by atoms with Crippen LogP contribution in [-0.4, -0.2) is 6.54 Å². The molecule has 1 aliphatic rings. The monoisotopic (exact) mass is 303 g/mol. The Morgan fingerprint density at radius 1 is 1.05 bits per heavy atom. The molecule has 1 heterocycles. The van der Waals surface area contributed by atoms with E-state index in [4.69, 9.17) is 0 Å². The number of benzene rings is 2. The largest absolute Gasteiger partial charge is 0.416 e. The summed E-state index contributed by atoms with van der Waals surface area (Å²) < 4.78 is 38.1. The number of hydrogen-bond acceptors (Lipinski definition) is 1. The number of para-hydroxylation sites is 1. The second-order valence-corrected chi connectivity index (χ2v) is 5.48. The average Bonchev–Trinajstić information content (AvgIpc) is 2.53. The molecule has 1 atom stereocenters. The van der Waals surface area contributed by atoms with E-state index >= 15 is 0 Å². The molecule has 1 nitrogen and oxygen atoms in total. The summed E-state index contributed by atoms with van der Waals surface area (Å²) in [6.07, 6.45) is -1.48. The van der Waals surface area contributed by atoms with Gasteiger partial charge in [0.05, 0.1) is 5.56 Å². The number of nitrogens with zero attached hydrogens (tertiary/aromatic N) is 1. The molecule has 3 rings (SSSR count). The predicted molar refractivity (Wildman–Crippen MR) is 82.3 cm³/mol. The standard InChI is InChI=1S/C18H16F3N/c1-2-13-11-14-5-3-4-6-17(14)22(12-13)16-9-7-15(8-10-16)18(19,20)21/h2-10,13H,1,11-12H2. The molecule has 114 valence electrons. The molecule has 0 saturated carbocycles. The van der Waals surface area contributed by atoms with E-state index in [1.54, 1.807) is 0 Å². The summed E-state index contributed by atoms with van der Waals surface area (Å²) in [6.45, 7) is 4.58. The van der Waals surface area contributed by atoms with Gasteiger partial charge in [-0.1, -0.05) is 24.3 Å². The number of halogens is 3. The van der Waals surface area contributed by atoms with Crippen molar-refractivity contribution in [2.24, 2.45) is 5.92 Å². The molecule has 0 radical (unpaired) electrons. The number of anilines is 2. The summed E-state index contributed by atoms with van der Waals surface area (Å²) >= 11 is 0. The third-order valence-corrected chi connectivity index (χ3v) is 4.02. The summed E-state index contributed by atoms with van der Waals surface area (Å²) in [7, 11) is 0. The van der Waals surface area contributed by atoms with E-state index in [9.17, 15) is 13.2 Å². The lowest BCUT2D eigenvalue weighted by Gasteiger charge is -2.35. The van der Waals surface area contributed by atoms with Crippen molar-refractivity contribution >= 4 is 11.4 Å². The van der Waals surface area contributed by atoms with Crippen LogP contribution >= 0.6 is 0 Å². The van der Waals surface area contributed by atoms with Gasteiger partial charge < -0.3 is 4.90 Å². The van der Waals surface area contributed by atoms with Crippen LogP contribution in [-0.2, 0) is 12.6 Å². The molecule has 0 spiro atoms. The minimum atomic E-state index is -4.30.